The molecule has 0 fully saturated rings. The molecule has 1 N–H and O–H groups in total. The van der Waals surface area contributed by atoms with Gasteiger partial charge in [-0.1, -0.05) is 0 Å². The van der Waals surface area contributed by atoms with E-state index in [1.807, 2.05) is 18.9 Å². The van der Waals surface area contributed by atoms with Gasteiger partial charge in [0.2, 0.25) is 0 Å². The van der Waals surface area contributed by atoms with Crippen LogP contribution in [0.2, 0.25) is 0 Å². The first kappa shape index (κ1) is 20.1. The topological polar surface area (TPSA) is 27.6 Å². The van der Waals surface area contributed by atoms with Gasteiger partial charge in [-0.2, -0.15) is 13.2 Å². The van der Waals surface area contributed by atoms with Crippen LogP contribution in [0.15, 0.2) is 46.3 Å². The summed E-state index contributed by atoms with van der Waals surface area (Å²) < 4.78 is 51.3. The van der Waals surface area contributed by atoms with E-state index in [9.17, 15) is 17.6 Å². The number of aryl methyl sites for hydroxylation is 1. The highest BCUT2D eigenvalue weighted by Crippen LogP contribution is 2.37. The fraction of sp³-hybridized carbons (Fsp3) is 0.278. The highest BCUT2D eigenvalue weighted by molar-refractivity contribution is 8.00. The molecule has 0 aromatic heterocycles. The van der Waals surface area contributed by atoms with Crippen molar-refractivity contribution in [3.05, 3.63) is 47.8 Å². The molecule has 26 heavy (non-hydrogen) atoms. The normalized spacial score (nSPS) is 11.8. The van der Waals surface area contributed by atoms with Gasteiger partial charge in [0.05, 0.1) is 6.34 Å². The summed E-state index contributed by atoms with van der Waals surface area (Å²) in [6.45, 7) is 4.52. The molecule has 2 aromatic rings. The van der Waals surface area contributed by atoms with Crippen LogP contribution in [0.5, 0.6) is 0 Å². The van der Waals surface area contributed by atoms with Gasteiger partial charge in [-0.15, -0.1) is 0 Å². The number of nitrogens with one attached hydrogen (secondary N) is 1. The predicted octanol–water partition coefficient (Wildman–Crippen LogP) is 6.10. The number of thioether (sulfide) groups is 1. The summed E-state index contributed by atoms with van der Waals surface area (Å²) >= 11 is -0.175. The van der Waals surface area contributed by atoms with E-state index in [2.05, 4.69) is 10.3 Å². The number of rotatable bonds is 6. The first-order valence-corrected chi connectivity index (χ1v) is 8.67. The van der Waals surface area contributed by atoms with Crippen molar-refractivity contribution in [3.8, 4) is 0 Å². The van der Waals surface area contributed by atoms with E-state index in [-0.39, 0.29) is 22.3 Å². The third-order valence-electron chi connectivity index (χ3n) is 3.55. The zero-order valence-electron chi connectivity index (χ0n) is 14.6. The molecule has 0 atom stereocenters. The van der Waals surface area contributed by atoms with E-state index in [1.54, 1.807) is 19.3 Å². The fourth-order valence-electron chi connectivity index (χ4n) is 2.04. The minimum atomic E-state index is -4.32. The number of anilines is 2. The Morgan fingerprint density at radius 1 is 1.19 bits per heavy atom. The van der Waals surface area contributed by atoms with Gasteiger partial charge in [-0.3, -0.25) is 0 Å². The van der Waals surface area contributed by atoms with Crippen molar-refractivity contribution in [2.75, 3.05) is 18.9 Å². The van der Waals surface area contributed by atoms with Crippen LogP contribution in [0, 0.1) is 12.7 Å². The van der Waals surface area contributed by atoms with Crippen molar-refractivity contribution in [1.29, 1.82) is 0 Å². The van der Waals surface area contributed by atoms with Crippen LogP contribution >= 0.6 is 11.8 Å². The Bertz CT molecular complexity index is 773. The standard InChI is InChI=1S/C18H19F4N3S/c1-4-25(3)11-23-17-9-12(2)16(10-15(17)19)24-13-5-7-14(8-6-13)26-18(20,21)22/h5-11,24H,4H2,1-3H3. The summed E-state index contributed by atoms with van der Waals surface area (Å²) in [4.78, 5) is 6.03. The molecular weight excluding hydrogens is 366 g/mol. The molecule has 0 saturated heterocycles. The second kappa shape index (κ2) is 8.44. The monoisotopic (exact) mass is 385 g/mol. The Morgan fingerprint density at radius 3 is 2.42 bits per heavy atom. The summed E-state index contributed by atoms with van der Waals surface area (Å²) in [6, 6.07) is 8.72. The van der Waals surface area contributed by atoms with Crippen molar-refractivity contribution >= 4 is 35.2 Å². The maximum absolute atomic E-state index is 14.2. The number of hydrogen-bond acceptors (Lipinski definition) is 3. The molecule has 2 aromatic carbocycles. The molecule has 0 amide bonds. The zero-order valence-corrected chi connectivity index (χ0v) is 15.4. The number of nitrogens with zero attached hydrogens (tertiary/aromatic N) is 2. The SMILES string of the molecule is CCN(C)C=Nc1cc(C)c(Nc2ccc(SC(F)(F)F)cc2)cc1F. The average Bonchev–Trinajstić information content (AvgIpc) is 2.56. The third-order valence-corrected chi connectivity index (χ3v) is 4.29. The maximum Gasteiger partial charge on any atom is 0.446 e. The molecular formula is C18H19F4N3S. The molecule has 0 heterocycles. The number of alkyl halides is 3. The summed E-state index contributed by atoms with van der Waals surface area (Å²) in [5, 5.41) is 3.01. The van der Waals surface area contributed by atoms with E-state index in [0.717, 1.165) is 12.1 Å². The van der Waals surface area contributed by atoms with Crippen molar-refractivity contribution in [3.63, 3.8) is 0 Å². The van der Waals surface area contributed by atoms with Crippen LogP contribution in [0.4, 0.5) is 34.6 Å². The van der Waals surface area contributed by atoms with Gasteiger partial charge in [0, 0.05) is 29.9 Å². The van der Waals surface area contributed by atoms with Gasteiger partial charge in [0.15, 0.2) is 5.82 Å². The molecule has 0 bridgehead atoms. The first-order chi connectivity index (χ1) is 12.2. The predicted molar refractivity (Wildman–Crippen MR) is 99.2 cm³/mol. The van der Waals surface area contributed by atoms with Gasteiger partial charge in [-0.25, -0.2) is 9.38 Å². The molecule has 3 nitrogen and oxygen atoms in total. The van der Waals surface area contributed by atoms with Gasteiger partial charge < -0.3 is 10.2 Å². The lowest BCUT2D eigenvalue weighted by Crippen LogP contribution is -2.14. The minimum absolute atomic E-state index is 0.0932. The molecule has 2 rings (SSSR count). The molecule has 0 aliphatic rings. The van der Waals surface area contributed by atoms with E-state index in [0.29, 0.717) is 11.4 Å². The highest BCUT2D eigenvalue weighted by atomic mass is 32.2. The molecule has 0 saturated carbocycles. The minimum Gasteiger partial charge on any atom is -0.366 e. The highest BCUT2D eigenvalue weighted by Gasteiger charge is 2.29. The van der Waals surface area contributed by atoms with Gasteiger partial charge in [0.25, 0.3) is 0 Å². The van der Waals surface area contributed by atoms with Crippen molar-refractivity contribution in [1.82, 2.24) is 4.90 Å². The Morgan fingerprint density at radius 2 is 1.85 bits per heavy atom. The van der Waals surface area contributed by atoms with Crippen LogP contribution in [-0.4, -0.2) is 30.3 Å². The summed E-state index contributed by atoms with van der Waals surface area (Å²) in [5.41, 5.74) is -2.23. The maximum atomic E-state index is 14.2. The summed E-state index contributed by atoms with van der Waals surface area (Å²) in [7, 11) is 1.84. The van der Waals surface area contributed by atoms with Crippen LogP contribution in [0.25, 0.3) is 0 Å². The van der Waals surface area contributed by atoms with E-state index < -0.39 is 11.3 Å². The molecule has 0 aliphatic carbocycles. The van der Waals surface area contributed by atoms with E-state index in [1.165, 1.54) is 30.3 Å². The van der Waals surface area contributed by atoms with Crippen LogP contribution < -0.4 is 5.32 Å². The van der Waals surface area contributed by atoms with Crippen molar-refractivity contribution in [2.24, 2.45) is 4.99 Å². The van der Waals surface area contributed by atoms with Crippen LogP contribution in [0.1, 0.15) is 12.5 Å². The Kier molecular flexibility index (Phi) is 6.52. The van der Waals surface area contributed by atoms with Gasteiger partial charge in [-0.05, 0) is 67.6 Å². The first-order valence-electron chi connectivity index (χ1n) is 7.85. The van der Waals surface area contributed by atoms with Crippen molar-refractivity contribution < 1.29 is 17.6 Å². The lowest BCUT2D eigenvalue weighted by molar-refractivity contribution is -0.0328. The smallest absolute Gasteiger partial charge is 0.366 e. The lowest BCUT2D eigenvalue weighted by Gasteiger charge is -2.13. The average molecular weight is 385 g/mol. The third kappa shape index (κ3) is 5.94. The van der Waals surface area contributed by atoms with Crippen LogP contribution in [-0.2, 0) is 0 Å². The Labute approximate surface area is 154 Å². The fourth-order valence-corrected chi connectivity index (χ4v) is 2.58. The number of aliphatic imine (C=N–C) groups is 1. The quantitative estimate of drug-likeness (QED) is 0.282. The van der Waals surface area contributed by atoms with Gasteiger partial charge in [0.1, 0.15) is 5.69 Å². The number of benzene rings is 2. The molecule has 0 aliphatic heterocycles. The lowest BCUT2D eigenvalue weighted by atomic mass is 10.1. The van der Waals surface area contributed by atoms with Crippen molar-refractivity contribution in [2.45, 2.75) is 24.3 Å². The second-order valence-corrected chi connectivity index (χ2v) is 6.77. The van der Waals surface area contributed by atoms with Crippen LogP contribution in [0.3, 0.4) is 0 Å². The second-order valence-electron chi connectivity index (χ2n) is 5.63. The molecule has 140 valence electrons. The summed E-state index contributed by atoms with van der Waals surface area (Å²) in [6.07, 6.45) is 1.56. The molecule has 8 heteroatoms. The largest absolute Gasteiger partial charge is 0.446 e. The van der Waals surface area contributed by atoms with E-state index in [4.69, 9.17) is 0 Å². The van der Waals surface area contributed by atoms with Gasteiger partial charge >= 0.3 is 5.51 Å². The van der Waals surface area contributed by atoms with E-state index >= 15 is 0 Å². The zero-order chi connectivity index (χ0) is 19.3. The molecule has 0 radical (unpaired) electrons. The Balaban J connectivity index is 2.14. The number of hydrogen-bond donors (Lipinski definition) is 1. The molecule has 0 unspecified atom stereocenters. The summed E-state index contributed by atoms with van der Waals surface area (Å²) in [5.74, 6) is -0.483. The Hall–Kier alpha value is -2.22. The molecule has 0 spiro atoms. The number of halogens is 4.